The molecule has 2 rings (SSSR count). The average molecular weight is 278 g/mol. The van der Waals surface area contributed by atoms with Crippen molar-refractivity contribution in [1.29, 1.82) is 0 Å². The van der Waals surface area contributed by atoms with Crippen molar-refractivity contribution in [2.45, 2.75) is 31.1 Å². The van der Waals surface area contributed by atoms with Crippen LogP contribution in [0.2, 0.25) is 0 Å². The molecule has 0 radical (unpaired) electrons. The summed E-state index contributed by atoms with van der Waals surface area (Å²) in [5.41, 5.74) is 0.868. The van der Waals surface area contributed by atoms with Gasteiger partial charge in [0.2, 0.25) is 5.91 Å². The van der Waals surface area contributed by atoms with E-state index in [0.717, 1.165) is 11.4 Å². The number of carbonyl (C=O) groups excluding carboxylic acids is 1. The van der Waals surface area contributed by atoms with Crippen LogP contribution in [0.5, 0.6) is 0 Å². The second-order valence-electron chi connectivity index (χ2n) is 4.96. The minimum absolute atomic E-state index is 0.0227. The number of amides is 1. The van der Waals surface area contributed by atoms with Gasteiger partial charge in [0.05, 0.1) is 0 Å². The Morgan fingerprint density at radius 2 is 1.89 bits per heavy atom. The molecule has 0 atom stereocenters. The third-order valence-corrected chi connectivity index (χ3v) is 4.29. The molecule has 1 aliphatic heterocycles. The molecule has 0 bridgehead atoms. The summed E-state index contributed by atoms with van der Waals surface area (Å²) in [6, 6.07) is 8.08. The van der Waals surface area contributed by atoms with Gasteiger partial charge in [0, 0.05) is 29.8 Å². The Hall–Kier alpha value is -1.00. The third kappa shape index (κ3) is 5.25. The molecule has 19 heavy (non-hydrogen) atoms. The van der Waals surface area contributed by atoms with Gasteiger partial charge in [-0.05, 0) is 50.2 Å². The first-order chi connectivity index (χ1) is 9.24. The monoisotopic (exact) mass is 278 g/mol. The number of hydrogen-bond donors (Lipinski definition) is 1. The maximum atomic E-state index is 10.9. The molecule has 1 N–H and O–H groups in total. The summed E-state index contributed by atoms with van der Waals surface area (Å²) in [6.07, 6.45) is 4.11. The maximum absolute atomic E-state index is 10.9. The van der Waals surface area contributed by atoms with Crippen molar-refractivity contribution >= 4 is 23.4 Å². The summed E-state index contributed by atoms with van der Waals surface area (Å²) >= 11 is 1.89. The molecule has 4 heteroatoms. The molecular formula is C15H22N2OS. The molecular weight excluding hydrogens is 256 g/mol. The lowest BCUT2D eigenvalue weighted by Gasteiger charge is -2.26. The van der Waals surface area contributed by atoms with E-state index < -0.39 is 0 Å². The van der Waals surface area contributed by atoms with Gasteiger partial charge in [-0.3, -0.25) is 4.79 Å². The minimum atomic E-state index is -0.0227. The first-order valence-corrected chi connectivity index (χ1v) is 7.95. The summed E-state index contributed by atoms with van der Waals surface area (Å²) in [6.45, 7) is 5.24. The second kappa shape index (κ2) is 7.56. The molecule has 0 aromatic heterocycles. The van der Waals surface area contributed by atoms with Crippen molar-refractivity contribution in [1.82, 2.24) is 4.90 Å². The van der Waals surface area contributed by atoms with Crippen LogP contribution in [0.1, 0.15) is 26.2 Å². The summed E-state index contributed by atoms with van der Waals surface area (Å²) in [4.78, 5) is 14.8. The van der Waals surface area contributed by atoms with E-state index in [1.807, 2.05) is 23.9 Å². The Kier molecular flexibility index (Phi) is 5.73. The molecule has 104 valence electrons. The van der Waals surface area contributed by atoms with Gasteiger partial charge < -0.3 is 10.2 Å². The number of hydrogen-bond acceptors (Lipinski definition) is 3. The number of rotatable bonds is 5. The number of carbonyl (C=O) groups is 1. The number of anilines is 1. The Balaban J connectivity index is 1.71. The van der Waals surface area contributed by atoms with Crippen LogP contribution in [0.4, 0.5) is 5.69 Å². The van der Waals surface area contributed by atoms with E-state index in [0.29, 0.717) is 0 Å². The largest absolute Gasteiger partial charge is 0.326 e. The Morgan fingerprint density at radius 1 is 1.21 bits per heavy atom. The molecule has 1 fully saturated rings. The first kappa shape index (κ1) is 14.4. The van der Waals surface area contributed by atoms with E-state index in [4.69, 9.17) is 0 Å². The lowest BCUT2D eigenvalue weighted by atomic mass is 10.1. The van der Waals surface area contributed by atoms with E-state index in [1.54, 1.807) is 0 Å². The molecule has 0 aliphatic carbocycles. The number of benzene rings is 1. The molecule has 1 aromatic carbocycles. The molecule has 0 unspecified atom stereocenters. The fourth-order valence-electron chi connectivity index (χ4n) is 2.31. The van der Waals surface area contributed by atoms with Gasteiger partial charge in [-0.15, -0.1) is 11.8 Å². The zero-order valence-electron chi connectivity index (χ0n) is 11.5. The fourth-order valence-corrected chi connectivity index (χ4v) is 3.23. The average Bonchev–Trinajstić information content (AvgIpc) is 2.41. The lowest BCUT2D eigenvalue weighted by Crippen LogP contribution is -2.31. The highest BCUT2D eigenvalue weighted by atomic mass is 32.2. The SMILES string of the molecule is CC(=O)Nc1ccc(SCCN2CCCCC2)cc1. The Labute approximate surface area is 119 Å². The smallest absolute Gasteiger partial charge is 0.221 e. The Morgan fingerprint density at radius 3 is 2.53 bits per heavy atom. The molecule has 1 aliphatic rings. The highest BCUT2D eigenvalue weighted by Crippen LogP contribution is 2.21. The summed E-state index contributed by atoms with van der Waals surface area (Å²) < 4.78 is 0. The summed E-state index contributed by atoms with van der Waals surface area (Å²) in [5, 5.41) is 2.78. The highest BCUT2D eigenvalue weighted by molar-refractivity contribution is 7.99. The minimum Gasteiger partial charge on any atom is -0.326 e. The number of piperidine rings is 1. The predicted octanol–water partition coefficient (Wildman–Crippen LogP) is 3.22. The fraction of sp³-hybridized carbons (Fsp3) is 0.533. The topological polar surface area (TPSA) is 32.3 Å². The van der Waals surface area contributed by atoms with Crippen molar-refractivity contribution in [2.75, 3.05) is 30.7 Å². The number of likely N-dealkylation sites (tertiary alicyclic amines) is 1. The van der Waals surface area contributed by atoms with E-state index in [-0.39, 0.29) is 5.91 Å². The van der Waals surface area contributed by atoms with Crippen LogP contribution in [0.3, 0.4) is 0 Å². The van der Waals surface area contributed by atoms with E-state index >= 15 is 0 Å². The molecule has 1 heterocycles. The van der Waals surface area contributed by atoms with Gasteiger partial charge in [0.15, 0.2) is 0 Å². The standard InChI is InChI=1S/C15H22N2OS/c1-13(18)16-14-5-7-15(8-6-14)19-12-11-17-9-3-2-4-10-17/h5-8H,2-4,9-12H2,1H3,(H,16,18). The van der Waals surface area contributed by atoms with Crippen LogP contribution in [0, 0.1) is 0 Å². The lowest BCUT2D eigenvalue weighted by molar-refractivity contribution is -0.114. The zero-order valence-corrected chi connectivity index (χ0v) is 12.3. The second-order valence-corrected chi connectivity index (χ2v) is 6.12. The van der Waals surface area contributed by atoms with Crippen molar-refractivity contribution in [3.63, 3.8) is 0 Å². The van der Waals surface area contributed by atoms with Gasteiger partial charge in [-0.25, -0.2) is 0 Å². The summed E-state index contributed by atoms with van der Waals surface area (Å²) in [7, 11) is 0. The quantitative estimate of drug-likeness (QED) is 0.839. The van der Waals surface area contributed by atoms with Crippen molar-refractivity contribution in [2.24, 2.45) is 0 Å². The highest BCUT2D eigenvalue weighted by Gasteiger charge is 2.09. The van der Waals surface area contributed by atoms with Crippen molar-refractivity contribution < 1.29 is 4.79 Å². The van der Waals surface area contributed by atoms with Gasteiger partial charge >= 0.3 is 0 Å². The summed E-state index contributed by atoms with van der Waals surface area (Å²) in [5.74, 6) is 1.12. The molecule has 0 saturated carbocycles. The molecule has 1 aromatic rings. The van der Waals surface area contributed by atoms with Crippen LogP contribution in [-0.2, 0) is 4.79 Å². The predicted molar refractivity (Wildman–Crippen MR) is 81.8 cm³/mol. The normalized spacial score (nSPS) is 16.3. The van der Waals surface area contributed by atoms with Gasteiger partial charge in [-0.1, -0.05) is 6.42 Å². The van der Waals surface area contributed by atoms with Crippen LogP contribution >= 0.6 is 11.8 Å². The molecule has 0 spiro atoms. The molecule has 1 saturated heterocycles. The number of thioether (sulfide) groups is 1. The first-order valence-electron chi connectivity index (χ1n) is 6.97. The third-order valence-electron chi connectivity index (χ3n) is 3.30. The van der Waals surface area contributed by atoms with Crippen LogP contribution in [-0.4, -0.2) is 36.2 Å². The van der Waals surface area contributed by atoms with Crippen LogP contribution in [0.25, 0.3) is 0 Å². The Bertz CT molecular complexity index is 399. The van der Waals surface area contributed by atoms with Gasteiger partial charge in [0.25, 0.3) is 0 Å². The number of nitrogens with one attached hydrogen (secondary N) is 1. The zero-order chi connectivity index (χ0) is 13.5. The van der Waals surface area contributed by atoms with Crippen LogP contribution < -0.4 is 5.32 Å². The van der Waals surface area contributed by atoms with Gasteiger partial charge in [0.1, 0.15) is 0 Å². The van der Waals surface area contributed by atoms with E-state index in [1.165, 1.54) is 50.7 Å². The molecule has 1 amide bonds. The van der Waals surface area contributed by atoms with E-state index in [2.05, 4.69) is 22.3 Å². The van der Waals surface area contributed by atoms with E-state index in [9.17, 15) is 4.79 Å². The van der Waals surface area contributed by atoms with Crippen molar-refractivity contribution in [3.8, 4) is 0 Å². The van der Waals surface area contributed by atoms with Crippen LogP contribution in [0.15, 0.2) is 29.2 Å². The number of nitrogens with zero attached hydrogens (tertiary/aromatic N) is 1. The molecule has 3 nitrogen and oxygen atoms in total. The van der Waals surface area contributed by atoms with Crippen molar-refractivity contribution in [3.05, 3.63) is 24.3 Å². The maximum Gasteiger partial charge on any atom is 0.221 e. The van der Waals surface area contributed by atoms with Gasteiger partial charge in [-0.2, -0.15) is 0 Å².